The largest absolute Gasteiger partial charge is 0.298 e. The summed E-state index contributed by atoms with van der Waals surface area (Å²) in [5.41, 5.74) is 3.08. The first-order chi connectivity index (χ1) is 9.63. The van der Waals surface area contributed by atoms with Crippen LogP contribution in [0.15, 0.2) is 48.5 Å². The number of ketones is 1. The van der Waals surface area contributed by atoms with Crippen LogP contribution < -0.4 is 0 Å². The zero-order chi connectivity index (χ0) is 14.4. The number of nitrogens with zero attached hydrogens (tertiary/aromatic N) is 2. The first kappa shape index (κ1) is 14.4. The molecule has 0 spiro atoms. The second-order valence-corrected chi connectivity index (χ2v) is 5.14. The van der Waals surface area contributed by atoms with E-state index in [4.69, 9.17) is 0 Å². The van der Waals surface area contributed by atoms with Gasteiger partial charge in [-0.3, -0.25) is 14.7 Å². The summed E-state index contributed by atoms with van der Waals surface area (Å²) >= 11 is 0. The SMILES string of the molecule is Cc1cccc(CN(C)CC(=O)Cc2ccccc2)n1. The van der Waals surface area contributed by atoms with Gasteiger partial charge in [0.05, 0.1) is 12.2 Å². The van der Waals surface area contributed by atoms with Gasteiger partial charge in [0.25, 0.3) is 0 Å². The molecule has 0 amide bonds. The number of pyridine rings is 1. The number of hydrogen-bond donors (Lipinski definition) is 0. The minimum Gasteiger partial charge on any atom is -0.298 e. The zero-order valence-corrected chi connectivity index (χ0v) is 12.0. The summed E-state index contributed by atoms with van der Waals surface area (Å²) in [7, 11) is 1.95. The van der Waals surface area contributed by atoms with E-state index < -0.39 is 0 Å². The predicted molar refractivity (Wildman–Crippen MR) is 80.5 cm³/mol. The van der Waals surface area contributed by atoms with E-state index in [0.717, 1.165) is 17.0 Å². The molecule has 0 fully saturated rings. The van der Waals surface area contributed by atoms with Gasteiger partial charge in [0.2, 0.25) is 0 Å². The molecule has 0 aliphatic rings. The molecular formula is C17H20N2O. The van der Waals surface area contributed by atoms with Gasteiger partial charge in [-0.2, -0.15) is 0 Å². The van der Waals surface area contributed by atoms with Crippen LogP contribution in [0.25, 0.3) is 0 Å². The van der Waals surface area contributed by atoms with Crippen molar-refractivity contribution in [2.45, 2.75) is 19.9 Å². The van der Waals surface area contributed by atoms with Crippen molar-refractivity contribution >= 4 is 5.78 Å². The Morgan fingerprint density at radius 3 is 2.55 bits per heavy atom. The Kier molecular flexibility index (Phi) is 5.02. The summed E-state index contributed by atoms with van der Waals surface area (Å²) in [5.74, 6) is 0.228. The molecule has 0 atom stereocenters. The lowest BCUT2D eigenvalue weighted by molar-refractivity contribution is -0.119. The Morgan fingerprint density at radius 1 is 1.10 bits per heavy atom. The van der Waals surface area contributed by atoms with Gasteiger partial charge in [0.1, 0.15) is 0 Å². The zero-order valence-electron chi connectivity index (χ0n) is 12.0. The summed E-state index contributed by atoms with van der Waals surface area (Å²) in [6.45, 7) is 3.12. The molecule has 0 radical (unpaired) electrons. The van der Waals surface area contributed by atoms with Crippen LogP contribution in [0.2, 0.25) is 0 Å². The first-order valence-electron chi connectivity index (χ1n) is 6.80. The highest BCUT2D eigenvalue weighted by Gasteiger charge is 2.08. The molecule has 0 saturated carbocycles. The molecule has 0 bridgehead atoms. The minimum atomic E-state index is 0.228. The van der Waals surface area contributed by atoms with Crippen LogP contribution in [0.1, 0.15) is 17.0 Å². The number of carbonyl (C=O) groups excluding carboxylic acids is 1. The minimum absolute atomic E-state index is 0.228. The molecule has 3 heteroatoms. The number of rotatable bonds is 6. The van der Waals surface area contributed by atoms with Gasteiger partial charge < -0.3 is 0 Å². The van der Waals surface area contributed by atoms with Gasteiger partial charge in [-0.1, -0.05) is 36.4 Å². The second-order valence-electron chi connectivity index (χ2n) is 5.14. The smallest absolute Gasteiger partial charge is 0.151 e. The van der Waals surface area contributed by atoms with Gasteiger partial charge in [0.15, 0.2) is 5.78 Å². The van der Waals surface area contributed by atoms with E-state index >= 15 is 0 Å². The maximum Gasteiger partial charge on any atom is 0.151 e. The summed E-state index contributed by atoms with van der Waals surface area (Å²) in [6.07, 6.45) is 0.492. The molecule has 1 heterocycles. The lowest BCUT2D eigenvalue weighted by Crippen LogP contribution is -2.27. The van der Waals surface area contributed by atoms with E-state index in [2.05, 4.69) is 4.98 Å². The van der Waals surface area contributed by atoms with Crippen molar-refractivity contribution in [3.05, 3.63) is 65.5 Å². The molecule has 0 saturated heterocycles. The Balaban J connectivity index is 1.85. The molecule has 3 nitrogen and oxygen atoms in total. The van der Waals surface area contributed by atoms with Gasteiger partial charge in [0, 0.05) is 18.7 Å². The number of hydrogen-bond acceptors (Lipinski definition) is 3. The maximum atomic E-state index is 12.0. The monoisotopic (exact) mass is 268 g/mol. The van der Waals surface area contributed by atoms with Crippen LogP contribution in [-0.2, 0) is 17.8 Å². The molecule has 1 aromatic carbocycles. The summed E-state index contributed by atoms with van der Waals surface area (Å²) in [4.78, 5) is 18.5. The fourth-order valence-electron chi connectivity index (χ4n) is 2.20. The number of Topliss-reactive ketones (excluding diaryl/α,β-unsaturated/α-hetero) is 1. The molecule has 1 aromatic heterocycles. The van der Waals surface area contributed by atoms with Crippen LogP contribution in [0.4, 0.5) is 0 Å². The summed E-state index contributed by atoms with van der Waals surface area (Å²) in [6, 6.07) is 15.8. The third kappa shape index (κ3) is 4.59. The normalized spacial score (nSPS) is 10.8. The number of benzene rings is 1. The predicted octanol–water partition coefficient (Wildman–Crippen LogP) is 2.63. The fourth-order valence-corrected chi connectivity index (χ4v) is 2.20. The van der Waals surface area contributed by atoms with E-state index in [1.54, 1.807) is 0 Å². The maximum absolute atomic E-state index is 12.0. The number of carbonyl (C=O) groups is 1. The van der Waals surface area contributed by atoms with Crippen LogP contribution in [0, 0.1) is 6.92 Å². The Bertz CT molecular complexity index is 566. The molecule has 0 N–H and O–H groups in total. The highest BCUT2D eigenvalue weighted by Crippen LogP contribution is 2.04. The molecule has 20 heavy (non-hydrogen) atoms. The lowest BCUT2D eigenvalue weighted by atomic mass is 10.1. The van der Waals surface area contributed by atoms with E-state index in [-0.39, 0.29) is 5.78 Å². The number of aryl methyl sites for hydroxylation is 1. The Labute approximate surface area is 120 Å². The van der Waals surface area contributed by atoms with Gasteiger partial charge >= 0.3 is 0 Å². The molecule has 0 unspecified atom stereocenters. The number of aromatic nitrogens is 1. The van der Waals surface area contributed by atoms with Crippen LogP contribution in [-0.4, -0.2) is 29.3 Å². The average Bonchev–Trinajstić information content (AvgIpc) is 2.39. The second kappa shape index (κ2) is 6.96. The van der Waals surface area contributed by atoms with Crippen molar-refractivity contribution in [2.75, 3.05) is 13.6 Å². The molecule has 0 aliphatic heterocycles. The van der Waals surface area contributed by atoms with Crippen molar-refractivity contribution < 1.29 is 4.79 Å². The van der Waals surface area contributed by atoms with E-state index in [1.165, 1.54) is 0 Å². The van der Waals surface area contributed by atoms with Gasteiger partial charge in [-0.25, -0.2) is 0 Å². The van der Waals surface area contributed by atoms with Crippen molar-refractivity contribution in [3.8, 4) is 0 Å². The van der Waals surface area contributed by atoms with Crippen molar-refractivity contribution in [1.29, 1.82) is 0 Å². The van der Waals surface area contributed by atoms with Crippen molar-refractivity contribution in [1.82, 2.24) is 9.88 Å². The molecule has 2 rings (SSSR count). The highest BCUT2D eigenvalue weighted by atomic mass is 16.1. The van der Waals surface area contributed by atoms with Crippen LogP contribution >= 0.6 is 0 Å². The van der Waals surface area contributed by atoms with E-state index in [9.17, 15) is 4.79 Å². The molecule has 2 aromatic rings. The standard InChI is InChI=1S/C17H20N2O/c1-14-7-6-10-16(18-14)12-19(2)13-17(20)11-15-8-4-3-5-9-15/h3-10H,11-13H2,1-2H3. The summed E-state index contributed by atoms with van der Waals surface area (Å²) in [5, 5.41) is 0. The van der Waals surface area contributed by atoms with Crippen LogP contribution in [0.5, 0.6) is 0 Å². The third-order valence-electron chi connectivity index (χ3n) is 3.07. The quantitative estimate of drug-likeness (QED) is 0.807. The number of likely N-dealkylation sites (N-methyl/N-ethyl adjacent to an activating group) is 1. The molecule has 0 aliphatic carbocycles. The lowest BCUT2D eigenvalue weighted by Gasteiger charge is -2.15. The Morgan fingerprint density at radius 2 is 1.85 bits per heavy atom. The highest BCUT2D eigenvalue weighted by molar-refractivity contribution is 5.82. The van der Waals surface area contributed by atoms with E-state index in [0.29, 0.717) is 19.5 Å². The third-order valence-corrected chi connectivity index (χ3v) is 3.07. The fraction of sp³-hybridized carbons (Fsp3) is 0.294. The molecule has 104 valence electrons. The molecular weight excluding hydrogens is 248 g/mol. The topological polar surface area (TPSA) is 33.2 Å². The first-order valence-corrected chi connectivity index (χ1v) is 6.80. The van der Waals surface area contributed by atoms with E-state index in [1.807, 2.05) is 67.4 Å². The van der Waals surface area contributed by atoms with Crippen molar-refractivity contribution in [3.63, 3.8) is 0 Å². The Hall–Kier alpha value is -2.00. The van der Waals surface area contributed by atoms with Gasteiger partial charge in [-0.05, 0) is 31.7 Å². The van der Waals surface area contributed by atoms with Gasteiger partial charge in [-0.15, -0.1) is 0 Å². The average molecular weight is 268 g/mol. The summed E-state index contributed by atoms with van der Waals surface area (Å²) < 4.78 is 0. The van der Waals surface area contributed by atoms with Crippen molar-refractivity contribution in [2.24, 2.45) is 0 Å². The van der Waals surface area contributed by atoms with Crippen LogP contribution in [0.3, 0.4) is 0 Å².